The fraction of sp³-hybridized carbons (Fsp3) is 0.111. The van der Waals surface area contributed by atoms with E-state index in [1.165, 1.54) is 11.3 Å². The summed E-state index contributed by atoms with van der Waals surface area (Å²) >= 11 is 7.38. The van der Waals surface area contributed by atoms with Crippen LogP contribution in [0.15, 0.2) is 54.4 Å². The van der Waals surface area contributed by atoms with Gasteiger partial charge in [0.1, 0.15) is 5.69 Å². The summed E-state index contributed by atoms with van der Waals surface area (Å²) in [6, 6.07) is 7.48. The minimum atomic E-state index is -0.0954. The van der Waals surface area contributed by atoms with Crippen molar-refractivity contribution in [1.82, 2.24) is 24.3 Å². The fourth-order valence-corrected chi connectivity index (χ4v) is 3.59. The molecule has 0 unspecified atom stereocenters. The third kappa shape index (κ3) is 3.18. The summed E-state index contributed by atoms with van der Waals surface area (Å²) in [5.74, 6) is -0.0954. The first-order chi connectivity index (χ1) is 12.6. The second-order valence-corrected chi connectivity index (χ2v) is 7.04. The molecule has 0 saturated carbocycles. The average molecular weight is 384 g/mol. The number of imidazole rings is 1. The Morgan fingerprint density at radius 1 is 1.27 bits per heavy atom. The van der Waals surface area contributed by atoms with Crippen molar-refractivity contribution in [2.45, 2.75) is 6.54 Å². The summed E-state index contributed by atoms with van der Waals surface area (Å²) in [6.07, 6.45) is 6.75. The number of amides is 1. The van der Waals surface area contributed by atoms with Crippen LogP contribution in [-0.4, -0.2) is 37.2 Å². The number of benzene rings is 1. The van der Waals surface area contributed by atoms with E-state index in [1.54, 1.807) is 30.5 Å². The zero-order valence-corrected chi connectivity index (χ0v) is 15.4. The van der Waals surface area contributed by atoms with Gasteiger partial charge in [-0.1, -0.05) is 23.7 Å². The molecule has 0 atom stereocenters. The quantitative estimate of drug-likeness (QED) is 0.538. The van der Waals surface area contributed by atoms with Crippen LogP contribution in [0.3, 0.4) is 0 Å². The summed E-state index contributed by atoms with van der Waals surface area (Å²) in [4.78, 5) is 28.1. The Morgan fingerprint density at radius 3 is 2.81 bits per heavy atom. The second kappa shape index (κ2) is 6.86. The van der Waals surface area contributed by atoms with Gasteiger partial charge in [0, 0.05) is 41.6 Å². The van der Waals surface area contributed by atoms with E-state index in [9.17, 15) is 4.79 Å². The van der Waals surface area contributed by atoms with Gasteiger partial charge >= 0.3 is 0 Å². The average Bonchev–Trinajstić information content (AvgIpc) is 3.23. The van der Waals surface area contributed by atoms with Crippen molar-refractivity contribution in [1.29, 1.82) is 0 Å². The van der Waals surface area contributed by atoms with Gasteiger partial charge in [0.15, 0.2) is 4.96 Å². The lowest BCUT2D eigenvalue weighted by molar-refractivity contribution is 0.0776. The highest BCUT2D eigenvalue weighted by atomic mass is 35.5. The first kappa shape index (κ1) is 16.7. The number of fused-ring (bicyclic) bond motifs is 1. The molecule has 3 aromatic heterocycles. The molecule has 1 amide bonds. The van der Waals surface area contributed by atoms with Crippen LogP contribution in [0.1, 0.15) is 16.2 Å². The van der Waals surface area contributed by atoms with Gasteiger partial charge in [0.2, 0.25) is 0 Å². The van der Waals surface area contributed by atoms with Gasteiger partial charge in [0.05, 0.1) is 24.1 Å². The van der Waals surface area contributed by atoms with E-state index in [1.807, 2.05) is 40.2 Å². The molecule has 3 heterocycles. The molecule has 0 radical (unpaired) electrons. The molecule has 0 bridgehead atoms. The van der Waals surface area contributed by atoms with Crippen LogP contribution in [-0.2, 0) is 6.54 Å². The number of rotatable bonds is 4. The molecular formula is C18H14ClN5OS. The molecule has 26 heavy (non-hydrogen) atoms. The molecule has 0 spiro atoms. The van der Waals surface area contributed by atoms with Crippen LogP contribution in [0.25, 0.3) is 16.2 Å². The van der Waals surface area contributed by atoms with Gasteiger partial charge in [-0.3, -0.25) is 19.2 Å². The van der Waals surface area contributed by atoms with Crippen molar-refractivity contribution >= 4 is 33.8 Å². The third-order valence-electron chi connectivity index (χ3n) is 3.93. The lowest BCUT2D eigenvalue weighted by Crippen LogP contribution is -2.27. The Balaban J connectivity index is 1.62. The third-order valence-corrected chi connectivity index (χ3v) is 5.02. The Kier molecular flexibility index (Phi) is 4.40. The van der Waals surface area contributed by atoms with Crippen LogP contribution < -0.4 is 0 Å². The Morgan fingerprint density at radius 2 is 2.08 bits per heavy atom. The molecule has 0 saturated heterocycles. The maximum Gasteiger partial charge on any atom is 0.271 e. The number of halogens is 1. The van der Waals surface area contributed by atoms with E-state index < -0.39 is 0 Å². The number of hydrogen-bond acceptors (Lipinski definition) is 5. The smallest absolute Gasteiger partial charge is 0.271 e. The number of nitrogens with zero attached hydrogens (tertiary/aromatic N) is 5. The van der Waals surface area contributed by atoms with E-state index in [0.29, 0.717) is 17.3 Å². The molecule has 4 aromatic rings. The molecule has 1 aromatic carbocycles. The van der Waals surface area contributed by atoms with Crippen molar-refractivity contribution in [3.8, 4) is 11.3 Å². The Hall–Kier alpha value is -2.77. The van der Waals surface area contributed by atoms with Gasteiger partial charge in [0.25, 0.3) is 5.91 Å². The van der Waals surface area contributed by atoms with Gasteiger partial charge in [-0.05, 0) is 12.1 Å². The zero-order chi connectivity index (χ0) is 18.1. The predicted octanol–water partition coefficient (Wildman–Crippen LogP) is 3.78. The molecule has 0 N–H and O–H groups in total. The summed E-state index contributed by atoms with van der Waals surface area (Å²) < 4.78 is 1.82. The zero-order valence-electron chi connectivity index (χ0n) is 13.8. The minimum Gasteiger partial charge on any atom is -0.334 e. The highest BCUT2D eigenvalue weighted by Gasteiger charge is 2.19. The number of carbonyl (C=O) groups excluding carboxylic acids is 1. The molecule has 6 nitrogen and oxygen atoms in total. The van der Waals surface area contributed by atoms with Crippen LogP contribution in [0.4, 0.5) is 0 Å². The molecule has 0 aliphatic rings. The summed E-state index contributed by atoms with van der Waals surface area (Å²) in [5.41, 5.74) is 3.07. The van der Waals surface area contributed by atoms with Gasteiger partial charge in [-0.15, -0.1) is 11.3 Å². The molecular weight excluding hydrogens is 370 g/mol. The topological polar surface area (TPSA) is 63.4 Å². The van der Waals surface area contributed by atoms with Crippen molar-refractivity contribution in [3.63, 3.8) is 0 Å². The van der Waals surface area contributed by atoms with Crippen LogP contribution in [0.5, 0.6) is 0 Å². The monoisotopic (exact) mass is 383 g/mol. The molecule has 0 aliphatic carbocycles. The van der Waals surface area contributed by atoms with E-state index in [2.05, 4.69) is 15.0 Å². The Labute approximate surface area is 158 Å². The number of aromatic nitrogens is 4. The fourth-order valence-electron chi connectivity index (χ4n) is 2.62. The van der Waals surface area contributed by atoms with Gasteiger partial charge in [-0.2, -0.15) is 0 Å². The summed E-state index contributed by atoms with van der Waals surface area (Å²) in [5, 5.41) is 2.50. The van der Waals surface area contributed by atoms with E-state index >= 15 is 0 Å². The maximum atomic E-state index is 12.8. The van der Waals surface area contributed by atoms with Crippen LogP contribution in [0.2, 0.25) is 5.02 Å². The van der Waals surface area contributed by atoms with Gasteiger partial charge < -0.3 is 4.90 Å². The first-order valence-electron chi connectivity index (χ1n) is 7.85. The van der Waals surface area contributed by atoms with Crippen molar-refractivity contribution in [2.24, 2.45) is 0 Å². The van der Waals surface area contributed by atoms with E-state index in [4.69, 9.17) is 11.6 Å². The normalized spacial score (nSPS) is 11.0. The van der Waals surface area contributed by atoms with Gasteiger partial charge in [-0.25, -0.2) is 4.98 Å². The largest absolute Gasteiger partial charge is 0.334 e. The number of hydrogen-bond donors (Lipinski definition) is 0. The molecule has 130 valence electrons. The maximum absolute atomic E-state index is 12.8. The SMILES string of the molecule is CN(Cc1cnccn1)C(=O)c1csc2nc(-c3ccc(Cl)cc3)cn12. The lowest BCUT2D eigenvalue weighted by atomic mass is 10.2. The van der Waals surface area contributed by atoms with Crippen LogP contribution in [0, 0.1) is 0 Å². The highest BCUT2D eigenvalue weighted by Crippen LogP contribution is 2.25. The Bertz CT molecular complexity index is 1060. The van der Waals surface area contributed by atoms with Crippen molar-refractivity contribution in [2.75, 3.05) is 7.05 Å². The lowest BCUT2D eigenvalue weighted by Gasteiger charge is -2.15. The highest BCUT2D eigenvalue weighted by molar-refractivity contribution is 7.15. The molecule has 4 rings (SSSR count). The summed E-state index contributed by atoms with van der Waals surface area (Å²) in [6.45, 7) is 0.392. The minimum absolute atomic E-state index is 0.0954. The van der Waals surface area contributed by atoms with E-state index in [-0.39, 0.29) is 5.91 Å². The molecule has 8 heteroatoms. The second-order valence-electron chi connectivity index (χ2n) is 5.76. The predicted molar refractivity (Wildman–Crippen MR) is 101 cm³/mol. The molecule has 0 fully saturated rings. The van der Waals surface area contributed by atoms with Crippen molar-refractivity contribution < 1.29 is 4.79 Å². The van der Waals surface area contributed by atoms with Crippen LogP contribution >= 0.6 is 22.9 Å². The standard InChI is InChI=1S/C18H14ClN5OS/c1-23(9-14-8-20-6-7-21-14)17(25)16-11-26-18-22-15(10-24(16)18)12-2-4-13(19)5-3-12/h2-8,10-11H,9H2,1H3. The number of thiazole rings is 1. The first-order valence-corrected chi connectivity index (χ1v) is 9.10. The molecule has 0 aliphatic heterocycles. The van der Waals surface area contributed by atoms with Crippen molar-refractivity contribution in [3.05, 3.63) is 70.8 Å². The number of carbonyl (C=O) groups is 1. The van der Waals surface area contributed by atoms with E-state index in [0.717, 1.165) is 21.9 Å². The summed E-state index contributed by atoms with van der Waals surface area (Å²) in [7, 11) is 1.75.